The van der Waals surface area contributed by atoms with Gasteiger partial charge in [0.1, 0.15) is 0 Å². The van der Waals surface area contributed by atoms with Crippen molar-refractivity contribution >= 4 is 0 Å². The Morgan fingerprint density at radius 2 is 1.88 bits per heavy atom. The van der Waals surface area contributed by atoms with Crippen LogP contribution in [0, 0.1) is 11.3 Å². The minimum absolute atomic E-state index is 0.0207. The van der Waals surface area contributed by atoms with Crippen molar-refractivity contribution in [1.29, 1.82) is 0 Å². The van der Waals surface area contributed by atoms with Crippen LogP contribution in [-0.4, -0.2) is 23.8 Å². The third-order valence-corrected chi connectivity index (χ3v) is 4.75. The third-order valence-electron chi connectivity index (χ3n) is 4.75. The smallest absolute Gasteiger partial charge is 0.0577 e. The Morgan fingerprint density at radius 3 is 2.31 bits per heavy atom. The lowest BCUT2D eigenvalue weighted by atomic mass is 9.82. The maximum atomic E-state index is 9.81. The third kappa shape index (κ3) is 3.46. The Bertz CT molecular complexity index is 199. The van der Waals surface area contributed by atoms with Gasteiger partial charge in [-0.25, -0.2) is 0 Å². The van der Waals surface area contributed by atoms with Crippen molar-refractivity contribution in [3.05, 3.63) is 0 Å². The van der Waals surface area contributed by atoms with Crippen LogP contribution in [0.2, 0.25) is 0 Å². The monoisotopic (exact) mass is 227 g/mol. The highest BCUT2D eigenvalue weighted by molar-refractivity contribution is 4.84. The molecule has 1 aliphatic rings. The summed E-state index contributed by atoms with van der Waals surface area (Å²) in [6.07, 6.45) is 6.35. The summed E-state index contributed by atoms with van der Waals surface area (Å²) in [4.78, 5) is 0. The highest BCUT2D eigenvalue weighted by Crippen LogP contribution is 2.29. The molecule has 0 amide bonds. The molecule has 0 aromatic carbocycles. The maximum Gasteiger partial charge on any atom is 0.0577 e. The van der Waals surface area contributed by atoms with Crippen molar-refractivity contribution in [1.82, 2.24) is 5.32 Å². The van der Waals surface area contributed by atoms with Crippen molar-refractivity contribution in [2.75, 3.05) is 6.54 Å². The number of hydrogen-bond acceptors (Lipinski definition) is 2. The highest BCUT2D eigenvalue weighted by Gasteiger charge is 2.29. The molecule has 96 valence electrons. The molecule has 0 radical (unpaired) electrons. The first-order valence-electron chi connectivity index (χ1n) is 6.91. The van der Waals surface area contributed by atoms with E-state index in [1.54, 1.807) is 0 Å². The Morgan fingerprint density at radius 1 is 1.31 bits per heavy atom. The highest BCUT2D eigenvalue weighted by atomic mass is 16.3. The Balaban J connectivity index is 2.36. The maximum absolute atomic E-state index is 9.81. The molecule has 0 saturated heterocycles. The first kappa shape index (κ1) is 14.0. The largest absolute Gasteiger partial charge is 0.393 e. The van der Waals surface area contributed by atoms with Crippen molar-refractivity contribution < 1.29 is 5.11 Å². The molecule has 1 rings (SSSR count). The molecular formula is C14H29NO. The summed E-state index contributed by atoms with van der Waals surface area (Å²) in [5, 5.41) is 13.4. The zero-order chi connectivity index (χ0) is 12.2. The molecule has 16 heavy (non-hydrogen) atoms. The van der Waals surface area contributed by atoms with E-state index in [0.29, 0.717) is 6.04 Å². The number of rotatable bonds is 6. The van der Waals surface area contributed by atoms with Gasteiger partial charge in [-0.3, -0.25) is 0 Å². The van der Waals surface area contributed by atoms with Gasteiger partial charge in [0.25, 0.3) is 0 Å². The number of hydrogen-bond donors (Lipinski definition) is 2. The van der Waals surface area contributed by atoms with Gasteiger partial charge in [0.05, 0.1) is 6.10 Å². The Kier molecular flexibility index (Phi) is 5.26. The quantitative estimate of drug-likeness (QED) is 0.731. The van der Waals surface area contributed by atoms with Gasteiger partial charge in [-0.1, -0.05) is 26.7 Å². The van der Waals surface area contributed by atoms with Crippen LogP contribution in [0.5, 0.6) is 0 Å². The lowest BCUT2D eigenvalue weighted by molar-refractivity contribution is 0.0458. The van der Waals surface area contributed by atoms with Gasteiger partial charge in [-0.2, -0.15) is 0 Å². The van der Waals surface area contributed by atoms with E-state index in [-0.39, 0.29) is 11.5 Å². The summed E-state index contributed by atoms with van der Waals surface area (Å²) in [5.41, 5.74) is 0.0207. The van der Waals surface area contributed by atoms with E-state index < -0.39 is 0 Å². The van der Waals surface area contributed by atoms with Crippen LogP contribution in [0.4, 0.5) is 0 Å². The Hall–Kier alpha value is -0.0800. The van der Waals surface area contributed by atoms with Crippen LogP contribution in [-0.2, 0) is 0 Å². The van der Waals surface area contributed by atoms with E-state index in [9.17, 15) is 5.11 Å². The fourth-order valence-electron chi connectivity index (χ4n) is 2.59. The first-order valence-corrected chi connectivity index (χ1v) is 6.91. The molecule has 2 nitrogen and oxygen atoms in total. The molecule has 0 aliphatic heterocycles. The molecule has 3 atom stereocenters. The van der Waals surface area contributed by atoms with Gasteiger partial charge >= 0.3 is 0 Å². The summed E-state index contributed by atoms with van der Waals surface area (Å²) in [5.74, 6) is 0.857. The molecule has 0 aromatic heterocycles. The van der Waals surface area contributed by atoms with Crippen molar-refractivity contribution in [3.8, 4) is 0 Å². The molecule has 1 saturated carbocycles. The molecule has 3 unspecified atom stereocenters. The first-order chi connectivity index (χ1) is 7.49. The van der Waals surface area contributed by atoms with Crippen molar-refractivity contribution in [2.24, 2.45) is 11.3 Å². The fourth-order valence-corrected chi connectivity index (χ4v) is 2.59. The molecule has 2 N–H and O–H groups in total. The molecular weight excluding hydrogens is 198 g/mol. The summed E-state index contributed by atoms with van der Waals surface area (Å²) in [6.45, 7) is 9.47. The second-order valence-electron chi connectivity index (χ2n) is 5.90. The van der Waals surface area contributed by atoms with Gasteiger partial charge in [-0.05, 0) is 39.0 Å². The normalized spacial score (nSPS) is 25.3. The van der Waals surface area contributed by atoms with Gasteiger partial charge in [0.2, 0.25) is 0 Å². The molecule has 0 spiro atoms. The van der Waals surface area contributed by atoms with E-state index in [1.165, 1.54) is 25.7 Å². The topological polar surface area (TPSA) is 32.3 Å². The van der Waals surface area contributed by atoms with E-state index in [0.717, 1.165) is 18.9 Å². The van der Waals surface area contributed by atoms with Gasteiger partial charge in [0.15, 0.2) is 0 Å². The number of nitrogens with one attached hydrogen (secondary N) is 1. The van der Waals surface area contributed by atoms with Crippen LogP contribution < -0.4 is 5.32 Å². The second kappa shape index (κ2) is 6.02. The number of aliphatic hydroxyl groups excluding tert-OH is 1. The van der Waals surface area contributed by atoms with E-state index >= 15 is 0 Å². The van der Waals surface area contributed by atoms with Gasteiger partial charge < -0.3 is 10.4 Å². The second-order valence-corrected chi connectivity index (χ2v) is 5.90. The SMILES string of the molecule is CCC(C)(CNC(C)C1CCCC1)C(C)O. The average Bonchev–Trinajstić information content (AvgIpc) is 2.78. The zero-order valence-corrected chi connectivity index (χ0v) is 11.4. The molecule has 2 heteroatoms. The van der Waals surface area contributed by atoms with Crippen LogP contribution >= 0.6 is 0 Å². The summed E-state index contributed by atoms with van der Waals surface area (Å²) in [7, 11) is 0. The van der Waals surface area contributed by atoms with E-state index in [2.05, 4.69) is 26.1 Å². The zero-order valence-electron chi connectivity index (χ0n) is 11.4. The van der Waals surface area contributed by atoms with Crippen molar-refractivity contribution in [3.63, 3.8) is 0 Å². The summed E-state index contributed by atoms with van der Waals surface area (Å²) in [6, 6.07) is 0.604. The summed E-state index contributed by atoms with van der Waals surface area (Å²) < 4.78 is 0. The van der Waals surface area contributed by atoms with Gasteiger partial charge in [0, 0.05) is 18.0 Å². The number of aliphatic hydroxyl groups is 1. The predicted octanol–water partition coefficient (Wildman–Crippen LogP) is 2.95. The average molecular weight is 227 g/mol. The Labute approximate surface area is 101 Å². The lowest BCUT2D eigenvalue weighted by Gasteiger charge is -2.34. The molecule has 0 bridgehead atoms. The van der Waals surface area contributed by atoms with E-state index in [1.807, 2.05) is 6.92 Å². The van der Waals surface area contributed by atoms with Crippen LogP contribution in [0.1, 0.15) is 59.8 Å². The van der Waals surface area contributed by atoms with E-state index in [4.69, 9.17) is 0 Å². The summed E-state index contributed by atoms with van der Waals surface area (Å²) >= 11 is 0. The van der Waals surface area contributed by atoms with Crippen LogP contribution in [0.15, 0.2) is 0 Å². The molecule has 1 aliphatic carbocycles. The molecule has 0 aromatic rings. The minimum atomic E-state index is -0.235. The minimum Gasteiger partial charge on any atom is -0.393 e. The molecule has 0 heterocycles. The lowest BCUT2D eigenvalue weighted by Crippen LogP contribution is -2.44. The standard InChI is InChI=1S/C14H29NO/c1-5-14(4,12(3)16)10-15-11(2)13-8-6-7-9-13/h11-13,15-16H,5-10H2,1-4H3. The van der Waals surface area contributed by atoms with Crippen molar-refractivity contribution in [2.45, 2.75) is 71.9 Å². The van der Waals surface area contributed by atoms with Gasteiger partial charge in [-0.15, -0.1) is 0 Å². The fraction of sp³-hybridized carbons (Fsp3) is 1.00. The van der Waals surface area contributed by atoms with Crippen LogP contribution in [0.3, 0.4) is 0 Å². The van der Waals surface area contributed by atoms with Crippen LogP contribution in [0.25, 0.3) is 0 Å². The predicted molar refractivity (Wildman–Crippen MR) is 69.5 cm³/mol. The molecule has 1 fully saturated rings.